The van der Waals surface area contributed by atoms with Crippen LogP contribution in [0.15, 0.2) is 54.6 Å². The molecule has 1 fully saturated rings. The Bertz CT molecular complexity index is 786. The van der Waals surface area contributed by atoms with Gasteiger partial charge in [0.05, 0.1) is 5.75 Å². The van der Waals surface area contributed by atoms with Crippen LogP contribution in [0.4, 0.5) is 0 Å². The molecule has 0 aromatic heterocycles. The van der Waals surface area contributed by atoms with Gasteiger partial charge in [-0.05, 0) is 30.2 Å². The average molecular weight is 379 g/mol. The summed E-state index contributed by atoms with van der Waals surface area (Å²) in [5.41, 5.74) is 2.03. The van der Waals surface area contributed by atoms with E-state index in [1.54, 1.807) is 4.31 Å². The minimum Gasteiger partial charge on any atom is -0.294 e. The van der Waals surface area contributed by atoms with Gasteiger partial charge in [-0.1, -0.05) is 54.1 Å². The third-order valence-electron chi connectivity index (χ3n) is 4.76. The maximum Gasteiger partial charge on any atom is 0.218 e. The minimum atomic E-state index is -3.27. The van der Waals surface area contributed by atoms with Gasteiger partial charge in [-0.2, -0.15) is 4.31 Å². The largest absolute Gasteiger partial charge is 0.294 e. The van der Waals surface area contributed by atoms with Crippen molar-refractivity contribution >= 4 is 21.6 Å². The molecule has 0 radical (unpaired) electrons. The van der Waals surface area contributed by atoms with Crippen LogP contribution in [0.5, 0.6) is 0 Å². The second-order valence-corrected chi connectivity index (χ2v) is 8.81. The summed E-state index contributed by atoms with van der Waals surface area (Å²) in [4.78, 5) is 2.32. The van der Waals surface area contributed by atoms with E-state index in [9.17, 15) is 8.42 Å². The molecule has 1 unspecified atom stereocenters. The molecule has 1 aliphatic rings. The summed E-state index contributed by atoms with van der Waals surface area (Å²) in [6.45, 7) is 4.69. The number of sulfonamides is 1. The Morgan fingerprint density at radius 1 is 0.960 bits per heavy atom. The molecule has 1 atom stereocenters. The van der Waals surface area contributed by atoms with Crippen molar-refractivity contribution in [3.63, 3.8) is 0 Å². The van der Waals surface area contributed by atoms with Gasteiger partial charge in [0, 0.05) is 37.2 Å². The third kappa shape index (κ3) is 4.61. The fourth-order valence-corrected chi connectivity index (χ4v) is 4.84. The molecule has 1 saturated heterocycles. The van der Waals surface area contributed by atoms with Gasteiger partial charge in [0.25, 0.3) is 0 Å². The number of rotatable bonds is 5. The van der Waals surface area contributed by atoms with E-state index in [1.807, 2.05) is 54.6 Å². The molecular weight excluding hydrogens is 356 g/mol. The average Bonchev–Trinajstić information content (AvgIpc) is 2.62. The number of nitrogens with zero attached hydrogens (tertiary/aromatic N) is 2. The fraction of sp³-hybridized carbons (Fsp3) is 0.368. The lowest BCUT2D eigenvalue weighted by Crippen LogP contribution is -2.49. The first-order chi connectivity index (χ1) is 12.0. The Labute approximate surface area is 155 Å². The Morgan fingerprint density at radius 3 is 2.16 bits per heavy atom. The summed E-state index contributed by atoms with van der Waals surface area (Å²) in [5.74, 6) is 0.0700. The van der Waals surface area contributed by atoms with Gasteiger partial charge in [-0.25, -0.2) is 8.42 Å². The molecule has 0 amide bonds. The smallest absolute Gasteiger partial charge is 0.218 e. The quantitative estimate of drug-likeness (QED) is 0.798. The molecule has 4 nitrogen and oxygen atoms in total. The molecule has 134 valence electrons. The lowest BCUT2D eigenvalue weighted by atomic mass is 10.1. The molecule has 0 saturated carbocycles. The Kier molecular flexibility index (Phi) is 5.79. The van der Waals surface area contributed by atoms with Gasteiger partial charge in [0.2, 0.25) is 10.0 Å². The third-order valence-corrected chi connectivity index (χ3v) is 6.86. The van der Waals surface area contributed by atoms with Crippen LogP contribution >= 0.6 is 11.6 Å². The molecule has 6 heteroatoms. The molecular formula is C19H23ClN2O2S. The van der Waals surface area contributed by atoms with E-state index in [1.165, 1.54) is 5.56 Å². The van der Waals surface area contributed by atoms with Crippen molar-refractivity contribution in [1.82, 2.24) is 9.21 Å². The van der Waals surface area contributed by atoms with Crippen LogP contribution in [0, 0.1) is 0 Å². The van der Waals surface area contributed by atoms with Gasteiger partial charge < -0.3 is 0 Å². The zero-order chi connectivity index (χ0) is 17.9. The van der Waals surface area contributed by atoms with Crippen molar-refractivity contribution in [2.45, 2.75) is 18.7 Å². The lowest BCUT2D eigenvalue weighted by molar-refractivity contribution is 0.146. The van der Waals surface area contributed by atoms with E-state index >= 15 is 0 Å². The maximum atomic E-state index is 12.6. The fourth-order valence-electron chi connectivity index (χ4n) is 3.20. The lowest BCUT2D eigenvalue weighted by Gasteiger charge is -2.37. The molecule has 0 aliphatic carbocycles. The standard InChI is InChI=1S/C19H23ClN2O2S/c1-16(18-7-9-19(20)10-8-18)21-11-13-22(14-12-21)25(23,24)15-17-5-3-2-4-6-17/h2-10,16H,11-15H2,1H3. The normalized spacial score (nSPS) is 18.2. The molecule has 0 spiro atoms. The number of halogens is 1. The van der Waals surface area contributed by atoms with Gasteiger partial charge in [-0.15, -0.1) is 0 Å². The highest BCUT2D eigenvalue weighted by Gasteiger charge is 2.29. The van der Waals surface area contributed by atoms with Crippen LogP contribution in [-0.4, -0.2) is 43.8 Å². The van der Waals surface area contributed by atoms with E-state index in [2.05, 4.69) is 11.8 Å². The molecule has 1 heterocycles. The number of hydrogen-bond acceptors (Lipinski definition) is 3. The highest BCUT2D eigenvalue weighted by Crippen LogP contribution is 2.24. The number of benzene rings is 2. The number of piperazine rings is 1. The van der Waals surface area contributed by atoms with Crippen molar-refractivity contribution in [3.05, 3.63) is 70.7 Å². The zero-order valence-electron chi connectivity index (χ0n) is 14.3. The van der Waals surface area contributed by atoms with Crippen molar-refractivity contribution in [3.8, 4) is 0 Å². The van der Waals surface area contributed by atoms with E-state index in [0.717, 1.165) is 23.7 Å². The molecule has 0 bridgehead atoms. The summed E-state index contributed by atoms with van der Waals surface area (Å²) in [7, 11) is -3.27. The highest BCUT2D eigenvalue weighted by atomic mass is 35.5. The van der Waals surface area contributed by atoms with Crippen LogP contribution in [0.25, 0.3) is 0 Å². The highest BCUT2D eigenvalue weighted by molar-refractivity contribution is 7.88. The molecule has 3 rings (SSSR count). The van der Waals surface area contributed by atoms with Crippen molar-refractivity contribution in [2.24, 2.45) is 0 Å². The first-order valence-corrected chi connectivity index (χ1v) is 10.5. The van der Waals surface area contributed by atoms with Crippen LogP contribution < -0.4 is 0 Å². The van der Waals surface area contributed by atoms with Gasteiger partial charge >= 0.3 is 0 Å². The second kappa shape index (κ2) is 7.87. The molecule has 2 aromatic carbocycles. The van der Waals surface area contributed by atoms with Crippen LogP contribution in [0.1, 0.15) is 24.1 Å². The first-order valence-electron chi connectivity index (χ1n) is 8.47. The van der Waals surface area contributed by atoms with E-state index in [-0.39, 0.29) is 11.8 Å². The molecule has 1 aliphatic heterocycles. The molecule has 2 aromatic rings. The van der Waals surface area contributed by atoms with E-state index < -0.39 is 10.0 Å². The summed E-state index contributed by atoms with van der Waals surface area (Å²) in [5, 5.41) is 0.729. The van der Waals surface area contributed by atoms with Crippen molar-refractivity contribution < 1.29 is 8.42 Å². The SMILES string of the molecule is CC(c1ccc(Cl)cc1)N1CCN(S(=O)(=O)Cc2ccccc2)CC1. The minimum absolute atomic E-state index is 0.0700. The maximum absolute atomic E-state index is 12.6. The van der Waals surface area contributed by atoms with Crippen molar-refractivity contribution in [2.75, 3.05) is 26.2 Å². The Hall–Kier alpha value is -1.40. The number of hydrogen-bond donors (Lipinski definition) is 0. The van der Waals surface area contributed by atoms with E-state index in [0.29, 0.717) is 13.1 Å². The zero-order valence-corrected chi connectivity index (χ0v) is 15.9. The van der Waals surface area contributed by atoms with Gasteiger partial charge in [-0.3, -0.25) is 4.90 Å². The van der Waals surface area contributed by atoms with Crippen molar-refractivity contribution in [1.29, 1.82) is 0 Å². The predicted molar refractivity (Wildman–Crippen MR) is 102 cm³/mol. The Balaban J connectivity index is 1.60. The molecule has 25 heavy (non-hydrogen) atoms. The Morgan fingerprint density at radius 2 is 1.56 bits per heavy atom. The van der Waals surface area contributed by atoms with Crippen LogP contribution in [-0.2, 0) is 15.8 Å². The monoisotopic (exact) mass is 378 g/mol. The topological polar surface area (TPSA) is 40.6 Å². The van der Waals surface area contributed by atoms with Gasteiger partial charge in [0.15, 0.2) is 0 Å². The summed E-state index contributed by atoms with van der Waals surface area (Å²) < 4.78 is 26.9. The summed E-state index contributed by atoms with van der Waals surface area (Å²) >= 11 is 5.95. The predicted octanol–water partition coefficient (Wildman–Crippen LogP) is 3.55. The first kappa shape index (κ1) is 18.4. The summed E-state index contributed by atoms with van der Waals surface area (Å²) in [6.07, 6.45) is 0. The molecule has 0 N–H and O–H groups in total. The van der Waals surface area contributed by atoms with Crippen LogP contribution in [0.3, 0.4) is 0 Å². The summed E-state index contributed by atoms with van der Waals surface area (Å²) in [6, 6.07) is 17.5. The van der Waals surface area contributed by atoms with E-state index in [4.69, 9.17) is 11.6 Å². The second-order valence-electron chi connectivity index (χ2n) is 6.40. The van der Waals surface area contributed by atoms with Crippen LogP contribution in [0.2, 0.25) is 5.02 Å². The van der Waals surface area contributed by atoms with Gasteiger partial charge in [0.1, 0.15) is 0 Å².